The van der Waals surface area contributed by atoms with Crippen LogP contribution < -0.4 is 4.90 Å². The summed E-state index contributed by atoms with van der Waals surface area (Å²) < 4.78 is 7.66. The highest BCUT2D eigenvalue weighted by molar-refractivity contribution is 6.00. The number of benzene rings is 1. The van der Waals surface area contributed by atoms with Crippen molar-refractivity contribution in [2.75, 3.05) is 44.3 Å². The van der Waals surface area contributed by atoms with Crippen molar-refractivity contribution in [2.24, 2.45) is 0 Å². The van der Waals surface area contributed by atoms with Gasteiger partial charge in [-0.05, 0) is 31.9 Å². The molecule has 4 rings (SSSR count). The standard InChI is InChI=1S/C21H28N4O2/c1-2-23-11-9-22-20(23)17-6-5-10-25(16-17)21(26)18-7-3-4-8-19(18)24-12-14-27-15-13-24/h3-4,7-9,11,17H,2,5-6,10,12-16H2,1H3/t17-/m0/s1. The zero-order valence-electron chi connectivity index (χ0n) is 16.0. The van der Waals surface area contributed by atoms with Crippen molar-refractivity contribution in [3.05, 3.63) is 48.0 Å². The Morgan fingerprint density at radius 1 is 1.22 bits per heavy atom. The van der Waals surface area contributed by atoms with E-state index in [-0.39, 0.29) is 5.91 Å². The normalized spacial score (nSPS) is 20.7. The maximum Gasteiger partial charge on any atom is 0.255 e. The Bertz CT molecular complexity index is 782. The third-order valence-corrected chi connectivity index (χ3v) is 5.65. The van der Waals surface area contributed by atoms with Gasteiger partial charge >= 0.3 is 0 Å². The summed E-state index contributed by atoms with van der Waals surface area (Å²) in [5, 5.41) is 0. The highest BCUT2D eigenvalue weighted by atomic mass is 16.5. The summed E-state index contributed by atoms with van der Waals surface area (Å²) in [6, 6.07) is 7.99. The molecule has 0 bridgehead atoms. The van der Waals surface area contributed by atoms with E-state index in [1.165, 1.54) is 0 Å². The molecule has 2 fully saturated rings. The Morgan fingerprint density at radius 3 is 2.85 bits per heavy atom. The number of piperidine rings is 1. The van der Waals surface area contributed by atoms with Crippen molar-refractivity contribution in [2.45, 2.75) is 32.2 Å². The van der Waals surface area contributed by atoms with E-state index < -0.39 is 0 Å². The third-order valence-electron chi connectivity index (χ3n) is 5.65. The van der Waals surface area contributed by atoms with E-state index in [0.29, 0.717) is 19.1 Å². The molecule has 6 heteroatoms. The van der Waals surface area contributed by atoms with Gasteiger partial charge in [0.05, 0.1) is 18.8 Å². The maximum absolute atomic E-state index is 13.4. The number of likely N-dealkylation sites (tertiary alicyclic amines) is 1. The molecule has 2 aliphatic rings. The summed E-state index contributed by atoms with van der Waals surface area (Å²) in [7, 11) is 0. The number of hydrogen-bond donors (Lipinski definition) is 0. The number of carbonyl (C=O) groups is 1. The zero-order chi connectivity index (χ0) is 18.6. The van der Waals surface area contributed by atoms with Crippen molar-refractivity contribution in [1.29, 1.82) is 0 Å². The molecule has 6 nitrogen and oxygen atoms in total. The van der Waals surface area contributed by atoms with Crippen molar-refractivity contribution in [3.63, 3.8) is 0 Å². The van der Waals surface area contributed by atoms with Gasteiger partial charge in [0.25, 0.3) is 5.91 Å². The van der Waals surface area contributed by atoms with Gasteiger partial charge in [0.1, 0.15) is 5.82 Å². The van der Waals surface area contributed by atoms with Gasteiger partial charge in [-0.15, -0.1) is 0 Å². The van der Waals surface area contributed by atoms with E-state index in [2.05, 4.69) is 27.4 Å². The number of morpholine rings is 1. The molecule has 1 aromatic heterocycles. The number of anilines is 1. The molecule has 0 aliphatic carbocycles. The molecule has 3 heterocycles. The lowest BCUT2D eigenvalue weighted by molar-refractivity contribution is 0.0703. The summed E-state index contributed by atoms with van der Waals surface area (Å²) in [5.74, 6) is 1.56. The smallest absolute Gasteiger partial charge is 0.255 e. The van der Waals surface area contributed by atoms with Gasteiger partial charge in [0.2, 0.25) is 0 Å². The molecule has 144 valence electrons. The number of para-hydroxylation sites is 1. The summed E-state index contributed by atoms with van der Waals surface area (Å²) in [4.78, 5) is 22.2. The van der Waals surface area contributed by atoms with Crippen LogP contribution >= 0.6 is 0 Å². The quantitative estimate of drug-likeness (QED) is 0.833. The number of amides is 1. The fourth-order valence-electron chi connectivity index (χ4n) is 4.23. The predicted octanol–water partition coefficient (Wildman–Crippen LogP) is 2.76. The molecule has 0 spiro atoms. The van der Waals surface area contributed by atoms with Gasteiger partial charge in [0, 0.05) is 56.7 Å². The summed E-state index contributed by atoms with van der Waals surface area (Å²) in [6.45, 7) is 7.71. The number of imidazole rings is 1. The van der Waals surface area contributed by atoms with Crippen LogP contribution in [0.15, 0.2) is 36.7 Å². The third kappa shape index (κ3) is 3.72. The van der Waals surface area contributed by atoms with Gasteiger partial charge < -0.3 is 19.1 Å². The molecule has 2 saturated heterocycles. The molecule has 2 aliphatic heterocycles. The van der Waals surface area contributed by atoms with Crippen molar-refractivity contribution in [3.8, 4) is 0 Å². The van der Waals surface area contributed by atoms with Crippen LogP contribution in [-0.4, -0.2) is 59.8 Å². The van der Waals surface area contributed by atoms with Crippen LogP contribution in [0.2, 0.25) is 0 Å². The average Bonchev–Trinajstić information content (AvgIpc) is 3.23. The van der Waals surface area contributed by atoms with Crippen LogP contribution in [0, 0.1) is 0 Å². The van der Waals surface area contributed by atoms with Gasteiger partial charge in [-0.25, -0.2) is 4.98 Å². The summed E-state index contributed by atoms with van der Waals surface area (Å²) in [6.07, 6.45) is 6.01. The molecular weight excluding hydrogens is 340 g/mol. The highest BCUT2D eigenvalue weighted by Gasteiger charge is 2.29. The van der Waals surface area contributed by atoms with Crippen LogP contribution in [0.4, 0.5) is 5.69 Å². The molecule has 27 heavy (non-hydrogen) atoms. The molecule has 0 saturated carbocycles. The van der Waals surface area contributed by atoms with Crippen LogP contribution in [0.1, 0.15) is 41.9 Å². The zero-order valence-corrected chi connectivity index (χ0v) is 16.0. The van der Waals surface area contributed by atoms with Crippen molar-refractivity contribution >= 4 is 11.6 Å². The second kappa shape index (κ2) is 8.13. The Balaban J connectivity index is 1.54. The topological polar surface area (TPSA) is 50.6 Å². The van der Waals surface area contributed by atoms with Crippen molar-refractivity contribution < 1.29 is 9.53 Å². The molecule has 2 aromatic rings. The van der Waals surface area contributed by atoms with E-state index in [9.17, 15) is 4.79 Å². The lowest BCUT2D eigenvalue weighted by atomic mass is 9.96. The minimum absolute atomic E-state index is 0.136. The minimum atomic E-state index is 0.136. The van der Waals surface area contributed by atoms with E-state index in [1.807, 2.05) is 35.5 Å². The average molecular weight is 368 g/mol. The molecule has 1 amide bonds. The number of carbonyl (C=O) groups excluding carboxylic acids is 1. The molecule has 1 atom stereocenters. The van der Waals surface area contributed by atoms with Gasteiger partial charge in [0.15, 0.2) is 0 Å². The number of aromatic nitrogens is 2. The van der Waals surface area contributed by atoms with Crippen LogP contribution in [-0.2, 0) is 11.3 Å². The first-order valence-corrected chi connectivity index (χ1v) is 10.00. The van der Waals surface area contributed by atoms with E-state index in [1.54, 1.807) is 0 Å². The first-order chi connectivity index (χ1) is 13.3. The second-order valence-corrected chi connectivity index (χ2v) is 7.28. The Labute approximate surface area is 160 Å². The van der Waals surface area contributed by atoms with E-state index >= 15 is 0 Å². The lowest BCUT2D eigenvalue weighted by Gasteiger charge is -2.35. The number of rotatable bonds is 4. The van der Waals surface area contributed by atoms with Gasteiger partial charge in [-0.1, -0.05) is 12.1 Å². The predicted molar refractivity (Wildman–Crippen MR) is 105 cm³/mol. The fourth-order valence-corrected chi connectivity index (χ4v) is 4.23. The Kier molecular flexibility index (Phi) is 5.43. The first kappa shape index (κ1) is 18.0. The largest absolute Gasteiger partial charge is 0.378 e. The van der Waals surface area contributed by atoms with Gasteiger partial charge in [-0.2, -0.15) is 0 Å². The number of ether oxygens (including phenoxy) is 1. The second-order valence-electron chi connectivity index (χ2n) is 7.28. The minimum Gasteiger partial charge on any atom is -0.378 e. The molecule has 0 unspecified atom stereocenters. The Hall–Kier alpha value is -2.34. The first-order valence-electron chi connectivity index (χ1n) is 10.00. The number of hydrogen-bond acceptors (Lipinski definition) is 4. The Morgan fingerprint density at radius 2 is 2.04 bits per heavy atom. The fraction of sp³-hybridized carbons (Fsp3) is 0.524. The van der Waals surface area contributed by atoms with Gasteiger partial charge in [-0.3, -0.25) is 4.79 Å². The molecule has 0 radical (unpaired) electrons. The lowest BCUT2D eigenvalue weighted by Crippen LogP contribution is -2.41. The van der Waals surface area contributed by atoms with E-state index in [0.717, 1.165) is 62.6 Å². The van der Waals surface area contributed by atoms with Crippen LogP contribution in [0.5, 0.6) is 0 Å². The van der Waals surface area contributed by atoms with Crippen LogP contribution in [0.25, 0.3) is 0 Å². The summed E-state index contributed by atoms with van der Waals surface area (Å²) in [5.41, 5.74) is 1.84. The number of aryl methyl sites for hydroxylation is 1. The maximum atomic E-state index is 13.4. The number of nitrogens with zero attached hydrogens (tertiary/aromatic N) is 4. The van der Waals surface area contributed by atoms with Crippen LogP contribution in [0.3, 0.4) is 0 Å². The molecule has 0 N–H and O–H groups in total. The van der Waals surface area contributed by atoms with Crippen molar-refractivity contribution in [1.82, 2.24) is 14.5 Å². The monoisotopic (exact) mass is 368 g/mol. The SMILES string of the molecule is CCn1ccnc1[C@H]1CCCN(C(=O)c2ccccc2N2CCOCC2)C1. The van der Waals surface area contributed by atoms with E-state index in [4.69, 9.17) is 4.74 Å². The highest BCUT2D eigenvalue weighted by Crippen LogP contribution is 2.29. The summed E-state index contributed by atoms with van der Waals surface area (Å²) >= 11 is 0. The molecule has 1 aromatic carbocycles. The molecular formula is C21H28N4O2.